The third-order valence-corrected chi connectivity index (χ3v) is 3.14. The zero-order valence-electron chi connectivity index (χ0n) is 13.3. The van der Waals surface area contributed by atoms with Crippen LogP contribution in [0.4, 0.5) is 0 Å². The van der Waals surface area contributed by atoms with Gasteiger partial charge in [-0.05, 0) is 42.7 Å². The van der Waals surface area contributed by atoms with E-state index in [0.29, 0.717) is 5.75 Å². The lowest BCUT2D eigenvalue weighted by Crippen LogP contribution is -2.24. The van der Waals surface area contributed by atoms with Crippen LogP contribution in [0.3, 0.4) is 0 Å². The van der Waals surface area contributed by atoms with Crippen molar-refractivity contribution in [2.45, 2.75) is 13.8 Å². The number of benzene rings is 2. The maximum Gasteiger partial charge on any atom is 0.277 e. The molecule has 0 atom stereocenters. The van der Waals surface area contributed by atoms with E-state index in [2.05, 4.69) is 10.5 Å². The molecule has 1 amide bonds. The van der Waals surface area contributed by atoms with Crippen LogP contribution in [-0.2, 0) is 4.79 Å². The fourth-order valence-electron chi connectivity index (χ4n) is 1.91. The fourth-order valence-corrected chi connectivity index (χ4v) is 1.91. The third kappa shape index (κ3) is 5.79. The first-order chi connectivity index (χ1) is 11.1. The maximum absolute atomic E-state index is 11.7. The normalized spacial score (nSPS) is 11.0. The predicted molar refractivity (Wildman–Crippen MR) is 93.5 cm³/mol. The Morgan fingerprint density at radius 2 is 1.96 bits per heavy atom. The predicted octanol–water partition coefficient (Wildman–Crippen LogP) is 3.50. The van der Waals surface area contributed by atoms with Gasteiger partial charge in [0.05, 0.1) is 0 Å². The highest BCUT2D eigenvalue weighted by Crippen LogP contribution is 2.18. The highest BCUT2D eigenvalue weighted by Gasteiger charge is 2.03. The molecular formula is C19H20N2O2. The topological polar surface area (TPSA) is 50.7 Å². The number of amides is 1. The van der Waals surface area contributed by atoms with Crippen molar-refractivity contribution in [3.8, 4) is 5.75 Å². The molecule has 0 unspecified atom stereocenters. The van der Waals surface area contributed by atoms with Gasteiger partial charge >= 0.3 is 0 Å². The summed E-state index contributed by atoms with van der Waals surface area (Å²) in [6.45, 7) is 3.86. The Balaban J connectivity index is 1.76. The molecular weight excluding hydrogens is 288 g/mol. The third-order valence-electron chi connectivity index (χ3n) is 3.14. The Morgan fingerprint density at radius 3 is 2.74 bits per heavy atom. The van der Waals surface area contributed by atoms with Crippen LogP contribution >= 0.6 is 0 Å². The van der Waals surface area contributed by atoms with Gasteiger partial charge in [0.1, 0.15) is 5.75 Å². The molecule has 0 bridgehead atoms. The van der Waals surface area contributed by atoms with E-state index in [-0.39, 0.29) is 12.5 Å². The molecule has 0 aliphatic heterocycles. The van der Waals surface area contributed by atoms with E-state index in [1.807, 2.05) is 68.5 Å². The van der Waals surface area contributed by atoms with Crippen LogP contribution in [0, 0.1) is 13.8 Å². The van der Waals surface area contributed by atoms with Gasteiger partial charge in [-0.2, -0.15) is 5.10 Å². The molecule has 0 aromatic heterocycles. The van der Waals surface area contributed by atoms with E-state index in [4.69, 9.17) is 4.74 Å². The number of hydrogen-bond donors (Lipinski definition) is 1. The van der Waals surface area contributed by atoms with Crippen molar-refractivity contribution in [2.24, 2.45) is 5.10 Å². The van der Waals surface area contributed by atoms with Crippen molar-refractivity contribution in [1.82, 2.24) is 5.43 Å². The van der Waals surface area contributed by atoms with Crippen LogP contribution in [0.5, 0.6) is 5.75 Å². The first-order valence-electron chi connectivity index (χ1n) is 7.39. The van der Waals surface area contributed by atoms with Crippen molar-refractivity contribution < 1.29 is 9.53 Å². The highest BCUT2D eigenvalue weighted by atomic mass is 16.5. The van der Waals surface area contributed by atoms with Crippen molar-refractivity contribution >= 4 is 18.2 Å². The molecule has 2 aromatic rings. The molecule has 0 heterocycles. The summed E-state index contributed by atoms with van der Waals surface area (Å²) >= 11 is 0. The Kier molecular flexibility index (Phi) is 6.12. The van der Waals surface area contributed by atoms with Gasteiger partial charge in [0, 0.05) is 6.21 Å². The molecule has 0 saturated heterocycles. The summed E-state index contributed by atoms with van der Waals surface area (Å²) < 4.78 is 5.50. The van der Waals surface area contributed by atoms with E-state index < -0.39 is 0 Å². The van der Waals surface area contributed by atoms with Crippen LogP contribution in [0.15, 0.2) is 59.7 Å². The Labute approximate surface area is 136 Å². The number of carbonyl (C=O) groups is 1. The Morgan fingerprint density at radius 1 is 1.17 bits per heavy atom. The number of rotatable bonds is 6. The Hall–Kier alpha value is -2.88. The second kappa shape index (κ2) is 8.54. The molecule has 0 spiro atoms. The monoisotopic (exact) mass is 308 g/mol. The van der Waals surface area contributed by atoms with Gasteiger partial charge < -0.3 is 4.74 Å². The lowest BCUT2D eigenvalue weighted by atomic mass is 10.1. The summed E-state index contributed by atoms with van der Waals surface area (Å²) in [6, 6.07) is 15.7. The zero-order valence-corrected chi connectivity index (χ0v) is 13.3. The van der Waals surface area contributed by atoms with Gasteiger partial charge in [-0.25, -0.2) is 5.43 Å². The van der Waals surface area contributed by atoms with Gasteiger partial charge in [-0.3, -0.25) is 4.79 Å². The highest BCUT2D eigenvalue weighted by molar-refractivity contribution is 5.82. The maximum atomic E-state index is 11.7. The molecule has 0 saturated carbocycles. The first kappa shape index (κ1) is 16.5. The molecule has 0 radical (unpaired) electrons. The lowest BCUT2D eigenvalue weighted by Gasteiger charge is -2.08. The number of nitrogens with zero attached hydrogens (tertiary/aromatic N) is 1. The lowest BCUT2D eigenvalue weighted by molar-refractivity contribution is -0.123. The van der Waals surface area contributed by atoms with Crippen LogP contribution in [0.1, 0.15) is 16.7 Å². The fraction of sp³-hybridized carbons (Fsp3) is 0.158. The second-order valence-corrected chi connectivity index (χ2v) is 5.14. The van der Waals surface area contributed by atoms with Gasteiger partial charge in [-0.15, -0.1) is 0 Å². The van der Waals surface area contributed by atoms with Crippen LogP contribution in [0.2, 0.25) is 0 Å². The van der Waals surface area contributed by atoms with Gasteiger partial charge in [0.15, 0.2) is 6.61 Å². The quantitative estimate of drug-likeness (QED) is 0.656. The van der Waals surface area contributed by atoms with E-state index >= 15 is 0 Å². The van der Waals surface area contributed by atoms with Crippen LogP contribution in [-0.4, -0.2) is 18.7 Å². The largest absolute Gasteiger partial charge is 0.483 e. The SMILES string of the molecule is Cc1ccc(C)c(OCC(=O)N/N=C\C=C\c2ccccc2)c1. The number of allylic oxidation sites excluding steroid dienone is 1. The molecule has 1 N–H and O–H groups in total. The number of aryl methyl sites for hydroxylation is 2. The average Bonchev–Trinajstić information content (AvgIpc) is 2.56. The van der Waals surface area contributed by atoms with E-state index in [1.54, 1.807) is 6.08 Å². The van der Waals surface area contributed by atoms with Gasteiger partial charge in [0.25, 0.3) is 5.91 Å². The molecule has 0 aliphatic rings. The number of carbonyl (C=O) groups excluding carboxylic acids is 1. The van der Waals surface area contributed by atoms with Crippen molar-refractivity contribution in [3.63, 3.8) is 0 Å². The van der Waals surface area contributed by atoms with E-state index in [1.165, 1.54) is 6.21 Å². The number of ether oxygens (including phenoxy) is 1. The summed E-state index contributed by atoms with van der Waals surface area (Å²) in [4.78, 5) is 11.7. The minimum absolute atomic E-state index is 0.0654. The smallest absolute Gasteiger partial charge is 0.277 e. The molecule has 118 valence electrons. The van der Waals surface area contributed by atoms with Crippen LogP contribution in [0.25, 0.3) is 6.08 Å². The molecule has 4 nitrogen and oxygen atoms in total. The summed E-state index contributed by atoms with van der Waals surface area (Å²) in [7, 11) is 0. The summed E-state index contributed by atoms with van der Waals surface area (Å²) in [6.07, 6.45) is 5.20. The van der Waals surface area contributed by atoms with Gasteiger partial charge in [0.2, 0.25) is 0 Å². The summed E-state index contributed by atoms with van der Waals surface area (Å²) in [5.41, 5.74) is 5.59. The van der Waals surface area contributed by atoms with Crippen molar-refractivity contribution in [2.75, 3.05) is 6.61 Å². The van der Waals surface area contributed by atoms with Crippen LogP contribution < -0.4 is 10.2 Å². The molecule has 2 rings (SSSR count). The minimum atomic E-state index is -0.296. The number of hydrogen-bond acceptors (Lipinski definition) is 3. The zero-order chi connectivity index (χ0) is 16.5. The van der Waals surface area contributed by atoms with Crippen molar-refractivity contribution in [3.05, 3.63) is 71.3 Å². The second-order valence-electron chi connectivity index (χ2n) is 5.14. The molecule has 4 heteroatoms. The number of nitrogens with one attached hydrogen (secondary N) is 1. The minimum Gasteiger partial charge on any atom is -0.483 e. The van der Waals surface area contributed by atoms with E-state index in [0.717, 1.165) is 16.7 Å². The average molecular weight is 308 g/mol. The van der Waals surface area contributed by atoms with Gasteiger partial charge in [-0.1, -0.05) is 48.5 Å². The standard InChI is InChI=1S/C19H20N2O2/c1-15-10-11-16(2)18(13-15)23-14-19(22)21-20-12-6-9-17-7-4-3-5-8-17/h3-13H,14H2,1-2H3,(H,21,22)/b9-6+,20-12-. The van der Waals surface area contributed by atoms with Crippen molar-refractivity contribution in [1.29, 1.82) is 0 Å². The molecule has 0 fully saturated rings. The number of hydrazone groups is 1. The molecule has 0 aliphatic carbocycles. The summed E-state index contributed by atoms with van der Waals surface area (Å²) in [5, 5.41) is 3.85. The first-order valence-corrected chi connectivity index (χ1v) is 7.39. The van der Waals surface area contributed by atoms with E-state index in [9.17, 15) is 4.79 Å². The molecule has 23 heavy (non-hydrogen) atoms. The Bertz CT molecular complexity index is 707. The molecule has 2 aromatic carbocycles. The summed E-state index contributed by atoms with van der Waals surface area (Å²) in [5.74, 6) is 0.420.